The molecule has 17 heavy (non-hydrogen) atoms. The van der Waals surface area contributed by atoms with Crippen LogP contribution in [0, 0.1) is 0 Å². The molecule has 0 aliphatic heterocycles. The van der Waals surface area contributed by atoms with Crippen molar-refractivity contribution in [2.24, 2.45) is 0 Å². The molecule has 0 saturated heterocycles. The van der Waals surface area contributed by atoms with Gasteiger partial charge in [0.1, 0.15) is 5.82 Å². The first-order valence-electron chi connectivity index (χ1n) is 5.66. The molecule has 0 saturated carbocycles. The Morgan fingerprint density at radius 1 is 1.29 bits per heavy atom. The van der Waals surface area contributed by atoms with Gasteiger partial charge in [-0.15, -0.1) is 0 Å². The molecule has 0 fully saturated rings. The largest absolute Gasteiger partial charge is 0.478 e. The molecule has 5 nitrogen and oxygen atoms in total. The number of imidazole rings is 1. The Balaban J connectivity index is 1.89. The minimum atomic E-state index is 0.627. The van der Waals surface area contributed by atoms with Gasteiger partial charge >= 0.3 is 0 Å². The Hall–Kier alpha value is -1.88. The van der Waals surface area contributed by atoms with Gasteiger partial charge in [0.25, 0.3) is 0 Å². The fourth-order valence-electron chi connectivity index (χ4n) is 1.54. The highest BCUT2D eigenvalue weighted by atomic mass is 16.5. The van der Waals surface area contributed by atoms with Gasteiger partial charge in [0.15, 0.2) is 0 Å². The number of ether oxygens (including phenoxy) is 1. The van der Waals surface area contributed by atoms with E-state index in [4.69, 9.17) is 4.74 Å². The lowest BCUT2D eigenvalue weighted by Gasteiger charge is -2.08. The summed E-state index contributed by atoms with van der Waals surface area (Å²) in [5.74, 6) is 1.62. The van der Waals surface area contributed by atoms with Crippen LogP contribution in [0.3, 0.4) is 0 Å². The number of rotatable bonds is 6. The lowest BCUT2D eigenvalue weighted by molar-refractivity contribution is 0.322. The molecular weight excluding hydrogens is 216 g/mol. The maximum absolute atomic E-state index is 5.45. The SMILES string of the molecule is CCOc1ncccc1CNCc1ncc[nH]1. The number of hydrogen-bond donors (Lipinski definition) is 2. The summed E-state index contributed by atoms with van der Waals surface area (Å²) >= 11 is 0. The lowest BCUT2D eigenvalue weighted by Crippen LogP contribution is -2.15. The molecule has 2 heterocycles. The van der Waals surface area contributed by atoms with Gasteiger partial charge < -0.3 is 15.0 Å². The van der Waals surface area contributed by atoms with E-state index in [0.717, 1.165) is 11.4 Å². The van der Waals surface area contributed by atoms with Crippen LogP contribution in [-0.4, -0.2) is 21.6 Å². The zero-order valence-electron chi connectivity index (χ0n) is 9.81. The summed E-state index contributed by atoms with van der Waals surface area (Å²) < 4.78 is 5.45. The van der Waals surface area contributed by atoms with Crippen molar-refractivity contribution in [3.63, 3.8) is 0 Å². The second-order valence-corrected chi connectivity index (χ2v) is 3.54. The number of hydrogen-bond acceptors (Lipinski definition) is 4. The molecule has 5 heteroatoms. The third kappa shape index (κ3) is 3.29. The minimum Gasteiger partial charge on any atom is -0.478 e. The van der Waals surface area contributed by atoms with Crippen molar-refractivity contribution in [1.82, 2.24) is 20.3 Å². The van der Waals surface area contributed by atoms with E-state index in [-0.39, 0.29) is 0 Å². The van der Waals surface area contributed by atoms with Crippen molar-refractivity contribution in [3.05, 3.63) is 42.1 Å². The summed E-state index contributed by atoms with van der Waals surface area (Å²) in [7, 11) is 0. The summed E-state index contributed by atoms with van der Waals surface area (Å²) in [6, 6.07) is 3.92. The number of aromatic amines is 1. The Bertz CT molecular complexity index is 442. The van der Waals surface area contributed by atoms with E-state index in [9.17, 15) is 0 Å². The van der Waals surface area contributed by atoms with Gasteiger partial charge in [0.05, 0.1) is 13.2 Å². The van der Waals surface area contributed by atoms with Crippen LogP contribution in [0.15, 0.2) is 30.7 Å². The first-order chi connectivity index (χ1) is 8.40. The molecular formula is C12H16N4O. The maximum atomic E-state index is 5.45. The van der Waals surface area contributed by atoms with Crippen molar-refractivity contribution in [1.29, 1.82) is 0 Å². The lowest BCUT2D eigenvalue weighted by atomic mass is 10.2. The summed E-state index contributed by atoms with van der Waals surface area (Å²) in [6.07, 6.45) is 5.29. The predicted octanol–water partition coefficient (Wildman–Crippen LogP) is 1.49. The van der Waals surface area contributed by atoms with Crippen LogP contribution in [0.1, 0.15) is 18.3 Å². The van der Waals surface area contributed by atoms with Crippen molar-refractivity contribution in [3.8, 4) is 5.88 Å². The predicted molar refractivity (Wildman–Crippen MR) is 64.5 cm³/mol. The fourth-order valence-corrected chi connectivity index (χ4v) is 1.54. The molecule has 0 atom stereocenters. The van der Waals surface area contributed by atoms with Crippen molar-refractivity contribution >= 4 is 0 Å². The zero-order chi connectivity index (χ0) is 11.9. The van der Waals surface area contributed by atoms with Crippen LogP contribution in [0.2, 0.25) is 0 Å². The Morgan fingerprint density at radius 2 is 2.24 bits per heavy atom. The molecule has 90 valence electrons. The molecule has 0 unspecified atom stereocenters. The van der Waals surface area contributed by atoms with Gasteiger partial charge in [-0.25, -0.2) is 9.97 Å². The standard InChI is InChI=1S/C12H16N4O/c1-2-17-12-10(4-3-5-16-12)8-13-9-11-14-6-7-15-11/h3-7,13H,2,8-9H2,1H3,(H,14,15). The smallest absolute Gasteiger partial charge is 0.217 e. The third-order valence-electron chi connectivity index (χ3n) is 2.29. The zero-order valence-corrected chi connectivity index (χ0v) is 9.81. The molecule has 0 spiro atoms. The quantitative estimate of drug-likeness (QED) is 0.792. The average molecular weight is 232 g/mol. The molecule has 0 bridgehead atoms. The molecule has 0 aromatic carbocycles. The van der Waals surface area contributed by atoms with E-state index in [1.54, 1.807) is 12.4 Å². The molecule has 2 aromatic rings. The van der Waals surface area contributed by atoms with E-state index in [1.165, 1.54) is 0 Å². The van der Waals surface area contributed by atoms with Crippen LogP contribution in [0.25, 0.3) is 0 Å². The van der Waals surface area contributed by atoms with Gasteiger partial charge in [-0.1, -0.05) is 6.07 Å². The molecule has 0 aliphatic rings. The topological polar surface area (TPSA) is 62.8 Å². The van der Waals surface area contributed by atoms with E-state index in [0.29, 0.717) is 25.6 Å². The van der Waals surface area contributed by atoms with E-state index < -0.39 is 0 Å². The summed E-state index contributed by atoms with van der Waals surface area (Å²) in [4.78, 5) is 11.4. The van der Waals surface area contributed by atoms with Gasteiger partial charge in [0, 0.05) is 30.7 Å². The van der Waals surface area contributed by atoms with Crippen molar-refractivity contribution < 1.29 is 4.74 Å². The number of H-pyrrole nitrogens is 1. The summed E-state index contributed by atoms with van der Waals surface area (Å²) in [6.45, 7) is 3.99. The minimum absolute atomic E-state index is 0.627. The highest BCUT2D eigenvalue weighted by Crippen LogP contribution is 2.13. The highest BCUT2D eigenvalue weighted by molar-refractivity contribution is 5.25. The van der Waals surface area contributed by atoms with Crippen LogP contribution in [0.4, 0.5) is 0 Å². The van der Waals surface area contributed by atoms with E-state index in [1.807, 2.05) is 25.3 Å². The number of pyridine rings is 1. The van der Waals surface area contributed by atoms with Crippen molar-refractivity contribution in [2.75, 3.05) is 6.61 Å². The van der Waals surface area contributed by atoms with E-state index >= 15 is 0 Å². The molecule has 2 N–H and O–H groups in total. The fraction of sp³-hybridized carbons (Fsp3) is 0.333. The summed E-state index contributed by atoms with van der Waals surface area (Å²) in [5, 5.41) is 3.29. The third-order valence-corrected chi connectivity index (χ3v) is 2.29. The van der Waals surface area contributed by atoms with Crippen LogP contribution in [0.5, 0.6) is 5.88 Å². The van der Waals surface area contributed by atoms with Crippen LogP contribution >= 0.6 is 0 Å². The number of nitrogens with zero attached hydrogens (tertiary/aromatic N) is 2. The molecule has 2 rings (SSSR count). The number of nitrogens with one attached hydrogen (secondary N) is 2. The van der Waals surface area contributed by atoms with Crippen LogP contribution < -0.4 is 10.1 Å². The van der Waals surface area contributed by atoms with E-state index in [2.05, 4.69) is 20.3 Å². The van der Waals surface area contributed by atoms with Crippen LogP contribution in [-0.2, 0) is 13.1 Å². The first-order valence-corrected chi connectivity index (χ1v) is 5.66. The Morgan fingerprint density at radius 3 is 3.00 bits per heavy atom. The highest BCUT2D eigenvalue weighted by Gasteiger charge is 2.03. The molecule has 2 aromatic heterocycles. The van der Waals surface area contributed by atoms with Gasteiger partial charge in [0.2, 0.25) is 5.88 Å². The van der Waals surface area contributed by atoms with Gasteiger partial charge in [-0.3, -0.25) is 0 Å². The van der Waals surface area contributed by atoms with Gasteiger partial charge in [-0.05, 0) is 13.0 Å². The second-order valence-electron chi connectivity index (χ2n) is 3.54. The Labute approximate surface area is 100 Å². The monoisotopic (exact) mass is 232 g/mol. The maximum Gasteiger partial charge on any atom is 0.217 e. The van der Waals surface area contributed by atoms with Gasteiger partial charge in [-0.2, -0.15) is 0 Å². The average Bonchev–Trinajstić information content (AvgIpc) is 2.85. The summed E-state index contributed by atoms with van der Waals surface area (Å²) in [5.41, 5.74) is 1.06. The number of aromatic nitrogens is 3. The Kier molecular flexibility index (Phi) is 4.10. The molecule has 0 amide bonds. The first kappa shape index (κ1) is 11.6. The second kappa shape index (κ2) is 6.00. The molecule has 0 radical (unpaired) electrons. The molecule has 0 aliphatic carbocycles. The normalized spacial score (nSPS) is 10.4. The van der Waals surface area contributed by atoms with Crippen molar-refractivity contribution in [2.45, 2.75) is 20.0 Å².